The van der Waals surface area contributed by atoms with Gasteiger partial charge in [-0.15, -0.1) is 0 Å². The summed E-state index contributed by atoms with van der Waals surface area (Å²) in [6.07, 6.45) is 14.6. The Balaban J connectivity index is 1.35. The minimum absolute atomic E-state index is 0.0167. The lowest BCUT2D eigenvalue weighted by molar-refractivity contribution is 0.158. The van der Waals surface area contributed by atoms with Gasteiger partial charge in [-0.1, -0.05) is 44.9 Å². The molecule has 0 aromatic heterocycles. The highest BCUT2D eigenvalue weighted by Gasteiger charge is 2.28. The zero-order valence-electron chi connectivity index (χ0n) is 16.7. The quantitative estimate of drug-likeness (QED) is 0.456. The van der Waals surface area contributed by atoms with E-state index in [0.717, 1.165) is 30.6 Å². The maximum absolute atomic E-state index is 14.0. The van der Waals surface area contributed by atoms with Gasteiger partial charge in [-0.2, -0.15) is 8.78 Å². The summed E-state index contributed by atoms with van der Waals surface area (Å²) in [5, 5.41) is 0. The lowest BCUT2D eigenvalue weighted by Gasteiger charge is -2.36. The van der Waals surface area contributed by atoms with E-state index < -0.39 is 11.6 Å². The van der Waals surface area contributed by atoms with Crippen LogP contribution in [0.25, 0.3) is 0 Å². The van der Waals surface area contributed by atoms with Gasteiger partial charge in [0.25, 0.3) is 0 Å². The van der Waals surface area contributed by atoms with Crippen molar-refractivity contribution in [3.05, 3.63) is 23.8 Å². The molecule has 0 saturated heterocycles. The van der Waals surface area contributed by atoms with Crippen LogP contribution in [0.4, 0.5) is 8.78 Å². The van der Waals surface area contributed by atoms with E-state index in [9.17, 15) is 8.78 Å². The van der Waals surface area contributed by atoms with E-state index in [4.69, 9.17) is 9.47 Å². The highest BCUT2D eigenvalue weighted by molar-refractivity contribution is 5.35. The Bertz CT molecular complexity index is 576. The minimum Gasteiger partial charge on any atom is -0.491 e. The number of hydrogen-bond donors (Lipinski definition) is 0. The molecule has 2 nitrogen and oxygen atoms in total. The van der Waals surface area contributed by atoms with Crippen LogP contribution in [0, 0.1) is 29.4 Å². The standard InChI is InChI=1S/C23H34F2O2/c1-2-26-20-14-15-21(23(25)22(20)24)27-16-6-7-17-10-12-19(13-11-17)18-8-4-3-5-9-18/h14-15,17-19H,2-13,16H2,1H3. The van der Waals surface area contributed by atoms with Gasteiger partial charge in [0.2, 0.25) is 11.6 Å². The molecule has 2 saturated carbocycles. The van der Waals surface area contributed by atoms with Gasteiger partial charge in [-0.05, 0) is 62.5 Å². The summed E-state index contributed by atoms with van der Waals surface area (Å²) in [6, 6.07) is 2.89. The van der Waals surface area contributed by atoms with E-state index in [0.29, 0.717) is 13.2 Å². The van der Waals surface area contributed by atoms with Gasteiger partial charge in [-0.25, -0.2) is 0 Å². The largest absolute Gasteiger partial charge is 0.491 e. The van der Waals surface area contributed by atoms with Crippen molar-refractivity contribution >= 4 is 0 Å². The zero-order valence-corrected chi connectivity index (χ0v) is 16.7. The fraction of sp³-hybridized carbons (Fsp3) is 0.739. The fourth-order valence-electron chi connectivity index (χ4n) is 5.00. The van der Waals surface area contributed by atoms with E-state index in [1.165, 1.54) is 69.9 Å². The lowest BCUT2D eigenvalue weighted by atomic mass is 9.70. The topological polar surface area (TPSA) is 18.5 Å². The number of halogens is 2. The van der Waals surface area contributed by atoms with E-state index in [2.05, 4.69) is 0 Å². The fourth-order valence-corrected chi connectivity index (χ4v) is 5.00. The highest BCUT2D eigenvalue weighted by atomic mass is 19.2. The van der Waals surface area contributed by atoms with E-state index in [1.807, 2.05) is 0 Å². The molecule has 0 amide bonds. The summed E-state index contributed by atoms with van der Waals surface area (Å²) in [4.78, 5) is 0. The molecule has 0 spiro atoms. The molecular weight excluding hydrogens is 346 g/mol. The normalized spacial score (nSPS) is 24.0. The van der Waals surface area contributed by atoms with Crippen LogP contribution in [-0.2, 0) is 0 Å². The third-order valence-corrected chi connectivity index (χ3v) is 6.53. The number of rotatable bonds is 8. The smallest absolute Gasteiger partial charge is 0.204 e. The van der Waals surface area contributed by atoms with Crippen LogP contribution in [0.3, 0.4) is 0 Å². The summed E-state index contributed by atoms with van der Waals surface area (Å²) in [7, 11) is 0. The molecule has 0 atom stereocenters. The SMILES string of the molecule is CCOc1ccc(OCCCC2CCC(C3CCCCC3)CC2)c(F)c1F. The van der Waals surface area contributed by atoms with Crippen molar-refractivity contribution in [1.82, 2.24) is 0 Å². The molecule has 1 aromatic carbocycles. The molecule has 27 heavy (non-hydrogen) atoms. The van der Waals surface area contributed by atoms with Gasteiger partial charge >= 0.3 is 0 Å². The van der Waals surface area contributed by atoms with E-state index in [-0.39, 0.29) is 11.5 Å². The van der Waals surface area contributed by atoms with E-state index >= 15 is 0 Å². The minimum atomic E-state index is -0.963. The van der Waals surface area contributed by atoms with Crippen molar-refractivity contribution in [1.29, 1.82) is 0 Å². The second kappa shape index (κ2) is 10.3. The predicted octanol–water partition coefficient (Wildman–Crippen LogP) is 6.91. The number of benzene rings is 1. The van der Waals surface area contributed by atoms with Gasteiger partial charge in [0, 0.05) is 0 Å². The van der Waals surface area contributed by atoms with Crippen LogP contribution in [0.5, 0.6) is 11.5 Å². The Morgan fingerprint density at radius 3 is 2.04 bits per heavy atom. The Kier molecular flexibility index (Phi) is 7.78. The van der Waals surface area contributed by atoms with Crippen molar-refractivity contribution in [3.8, 4) is 11.5 Å². The molecule has 0 unspecified atom stereocenters. The Morgan fingerprint density at radius 2 is 1.41 bits per heavy atom. The Hall–Kier alpha value is -1.32. The Morgan fingerprint density at radius 1 is 0.815 bits per heavy atom. The van der Waals surface area contributed by atoms with E-state index in [1.54, 1.807) is 6.92 Å². The molecule has 3 rings (SSSR count). The average Bonchev–Trinajstić information content (AvgIpc) is 2.71. The second-order valence-corrected chi connectivity index (χ2v) is 8.29. The summed E-state index contributed by atoms with van der Waals surface area (Å²) < 4.78 is 38.4. The molecule has 0 heterocycles. The van der Waals surface area contributed by atoms with Crippen LogP contribution >= 0.6 is 0 Å². The molecule has 2 fully saturated rings. The van der Waals surface area contributed by atoms with Crippen molar-refractivity contribution in [2.24, 2.45) is 17.8 Å². The van der Waals surface area contributed by atoms with Crippen LogP contribution in [0.1, 0.15) is 77.6 Å². The first-order chi connectivity index (χ1) is 13.2. The van der Waals surface area contributed by atoms with Crippen LogP contribution < -0.4 is 9.47 Å². The van der Waals surface area contributed by atoms with Gasteiger partial charge in [0.05, 0.1) is 13.2 Å². The van der Waals surface area contributed by atoms with Crippen molar-refractivity contribution < 1.29 is 18.3 Å². The number of hydrogen-bond acceptors (Lipinski definition) is 2. The molecular formula is C23H34F2O2. The molecule has 2 aliphatic rings. The number of ether oxygens (including phenoxy) is 2. The molecule has 0 N–H and O–H groups in total. The zero-order chi connectivity index (χ0) is 19.1. The van der Waals surface area contributed by atoms with Crippen molar-refractivity contribution in [2.45, 2.75) is 77.6 Å². The molecule has 0 aliphatic heterocycles. The summed E-state index contributed by atoms with van der Waals surface area (Å²) in [6.45, 7) is 2.48. The monoisotopic (exact) mass is 380 g/mol. The maximum Gasteiger partial charge on any atom is 0.204 e. The molecule has 1 aromatic rings. The molecule has 152 valence electrons. The third kappa shape index (κ3) is 5.58. The van der Waals surface area contributed by atoms with Crippen molar-refractivity contribution in [2.75, 3.05) is 13.2 Å². The predicted molar refractivity (Wildman–Crippen MR) is 104 cm³/mol. The Labute approximate surface area is 162 Å². The van der Waals surface area contributed by atoms with Crippen LogP contribution in [0.15, 0.2) is 12.1 Å². The molecule has 4 heteroatoms. The summed E-state index contributed by atoms with van der Waals surface area (Å²) in [5.41, 5.74) is 0. The summed E-state index contributed by atoms with van der Waals surface area (Å²) in [5.74, 6) is 0.730. The van der Waals surface area contributed by atoms with Gasteiger partial charge in [-0.3, -0.25) is 0 Å². The summed E-state index contributed by atoms with van der Waals surface area (Å²) >= 11 is 0. The van der Waals surface area contributed by atoms with Crippen LogP contribution in [-0.4, -0.2) is 13.2 Å². The van der Waals surface area contributed by atoms with Crippen LogP contribution in [0.2, 0.25) is 0 Å². The first-order valence-corrected chi connectivity index (χ1v) is 10.9. The average molecular weight is 381 g/mol. The maximum atomic E-state index is 14.0. The van der Waals surface area contributed by atoms with Gasteiger partial charge in [0.15, 0.2) is 11.5 Å². The third-order valence-electron chi connectivity index (χ3n) is 6.53. The van der Waals surface area contributed by atoms with Gasteiger partial charge < -0.3 is 9.47 Å². The molecule has 0 bridgehead atoms. The molecule has 0 radical (unpaired) electrons. The first kappa shape index (κ1) is 20.4. The van der Waals surface area contributed by atoms with Gasteiger partial charge in [0.1, 0.15) is 0 Å². The first-order valence-electron chi connectivity index (χ1n) is 10.9. The second-order valence-electron chi connectivity index (χ2n) is 8.29. The van der Waals surface area contributed by atoms with Crippen molar-refractivity contribution in [3.63, 3.8) is 0 Å². The lowest BCUT2D eigenvalue weighted by Crippen LogP contribution is -2.23. The molecule has 2 aliphatic carbocycles. The highest BCUT2D eigenvalue weighted by Crippen LogP contribution is 2.41.